The summed E-state index contributed by atoms with van der Waals surface area (Å²) >= 11 is 0. The molecule has 2 rings (SSSR count). The summed E-state index contributed by atoms with van der Waals surface area (Å²) in [4.78, 5) is 22.0. The second kappa shape index (κ2) is 18.2. The molecule has 34 heavy (non-hydrogen) atoms. The Morgan fingerprint density at radius 1 is 0.824 bits per heavy atom. The molecule has 0 aliphatic rings. The first-order valence-corrected chi connectivity index (χ1v) is 9.75. The minimum Gasteiger partial charge on any atom is -0.870 e. The molecule has 0 heterocycles. The van der Waals surface area contributed by atoms with Gasteiger partial charge in [-0.3, -0.25) is 0 Å². The Balaban J connectivity index is -0.000000520. The summed E-state index contributed by atoms with van der Waals surface area (Å²) in [7, 11) is 1.32. The van der Waals surface area contributed by atoms with Gasteiger partial charge in [-0.2, -0.15) is 0 Å². The number of carboxylic acid groups (broad SMARTS) is 1. The number of esters is 1. The molecule has 9 nitrogen and oxygen atoms in total. The van der Waals surface area contributed by atoms with E-state index in [1.807, 2.05) is 27.7 Å². The zero-order chi connectivity index (χ0) is 23.6. The quantitative estimate of drug-likeness (QED) is 0.362. The van der Waals surface area contributed by atoms with Crippen molar-refractivity contribution in [3.63, 3.8) is 0 Å². The SMILES string of the molecule is C.CC(C)Oc1ccc(C(=O)O)cc1CO.COC(=O)c1ccc(OC(C)C)c(CO)c1.[Na+].[OH-]. The van der Waals surface area contributed by atoms with Crippen LogP contribution in [0, 0.1) is 0 Å². The van der Waals surface area contributed by atoms with Gasteiger partial charge in [-0.05, 0) is 64.1 Å². The number of aromatic carboxylic acids is 1. The van der Waals surface area contributed by atoms with Crippen molar-refractivity contribution in [2.75, 3.05) is 7.11 Å². The van der Waals surface area contributed by atoms with Gasteiger partial charge in [0.1, 0.15) is 11.5 Å². The number of carboxylic acids is 1. The molecule has 0 fully saturated rings. The number of ether oxygens (including phenoxy) is 3. The molecule has 2 aromatic rings. The van der Waals surface area contributed by atoms with Crippen LogP contribution in [0.1, 0.15) is 67.0 Å². The van der Waals surface area contributed by atoms with E-state index >= 15 is 0 Å². The smallest absolute Gasteiger partial charge is 0.870 e. The van der Waals surface area contributed by atoms with Crippen LogP contribution < -0.4 is 39.0 Å². The van der Waals surface area contributed by atoms with E-state index < -0.39 is 11.9 Å². The Morgan fingerprint density at radius 2 is 1.21 bits per heavy atom. The zero-order valence-electron chi connectivity index (χ0n) is 19.9. The second-order valence-electron chi connectivity index (χ2n) is 7.09. The van der Waals surface area contributed by atoms with Crippen LogP contribution in [0.25, 0.3) is 0 Å². The van der Waals surface area contributed by atoms with Crippen molar-refractivity contribution in [3.05, 3.63) is 58.7 Å². The molecule has 10 heteroatoms. The van der Waals surface area contributed by atoms with Crippen LogP contribution in [-0.4, -0.2) is 52.1 Å². The summed E-state index contributed by atoms with van der Waals surface area (Å²) in [6, 6.07) is 9.29. The van der Waals surface area contributed by atoms with Crippen LogP contribution in [0.2, 0.25) is 0 Å². The minimum absolute atomic E-state index is 0. The predicted molar refractivity (Wildman–Crippen MR) is 123 cm³/mol. The number of aliphatic hydroxyl groups is 2. The molecule has 0 radical (unpaired) electrons. The number of hydrogen-bond donors (Lipinski definition) is 3. The van der Waals surface area contributed by atoms with Gasteiger partial charge in [-0.1, -0.05) is 7.43 Å². The standard InChI is InChI=1S/C12H16O4.C11H14O4.CH4.Na.H2O/c1-8(2)16-11-5-4-9(12(14)15-3)6-10(11)7-13;1-7(2)15-10-4-3-8(11(13)14)5-9(10)6-12;;;/h4-6,8,13H,7H2,1-3H3;3-5,7,12H,6H2,1-2H3,(H,13,14);1H4;;1H2/q;;;+1;/p-1. The van der Waals surface area contributed by atoms with Gasteiger partial charge >= 0.3 is 41.5 Å². The van der Waals surface area contributed by atoms with Gasteiger partial charge in [-0.25, -0.2) is 9.59 Å². The fourth-order valence-electron chi connectivity index (χ4n) is 2.52. The van der Waals surface area contributed by atoms with Crippen molar-refractivity contribution in [3.8, 4) is 11.5 Å². The average molecular weight is 491 g/mol. The minimum atomic E-state index is -1.01. The molecule has 0 aliphatic carbocycles. The number of carbonyl (C=O) groups is 2. The first-order valence-electron chi connectivity index (χ1n) is 9.75. The van der Waals surface area contributed by atoms with Gasteiger partial charge in [0.25, 0.3) is 0 Å². The summed E-state index contributed by atoms with van der Waals surface area (Å²) in [6.07, 6.45) is 0.0141. The average Bonchev–Trinajstić information content (AvgIpc) is 2.73. The van der Waals surface area contributed by atoms with Crippen molar-refractivity contribution in [2.45, 2.75) is 60.5 Å². The Hall–Kier alpha value is -2.14. The monoisotopic (exact) mass is 490 g/mol. The van der Waals surface area contributed by atoms with Gasteiger partial charge in [0, 0.05) is 11.1 Å². The summed E-state index contributed by atoms with van der Waals surface area (Å²) in [5.41, 5.74) is 1.62. The maximum absolute atomic E-state index is 11.3. The van der Waals surface area contributed by atoms with Crippen LogP contribution in [-0.2, 0) is 18.0 Å². The van der Waals surface area contributed by atoms with E-state index in [1.165, 1.54) is 19.2 Å². The molecule has 0 unspecified atom stereocenters. The van der Waals surface area contributed by atoms with Crippen molar-refractivity contribution < 1.29 is 74.2 Å². The van der Waals surface area contributed by atoms with Crippen LogP contribution >= 0.6 is 0 Å². The maximum atomic E-state index is 11.3. The molecule has 0 aliphatic heterocycles. The summed E-state index contributed by atoms with van der Waals surface area (Å²) in [5.74, 6) is -0.325. The fourth-order valence-corrected chi connectivity index (χ4v) is 2.52. The number of aliphatic hydroxyl groups excluding tert-OH is 2. The molecule has 186 valence electrons. The third-order valence-electron chi connectivity index (χ3n) is 3.86. The molecular weight excluding hydrogens is 455 g/mol. The number of hydrogen-bond acceptors (Lipinski definition) is 8. The summed E-state index contributed by atoms with van der Waals surface area (Å²) in [5, 5.41) is 27.0. The first kappa shape index (κ1) is 36.4. The van der Waals surface area contributed by atoms with Crippen molar-refractivity contribution >= 4 is 11.9 Å². The molecule has 0 saturated carbocycles. The number of rotatable bonds is 8. The van der Waals surface area contributed by atoms with Crippen molar-refractivity contribution in [1.29, 1.82) is 0 Å². The Kier molecular flexibility index (Phi) is 19.5. The van der Waals surface area contributed by atoms with Crippen LogP contribution in [0.5, 0.6) is 11.5 Å². The van der Waals surface area contributed by atoms with Crippen molar-refractivity contribution in [2.24, 2.45) is 0 Å². The van der Waals surface area contributed by atoms with E-state index in [-0.39, 0.29) is 73.4 Å². The molecule has 0 saturated heterocycles. The van der Waals surface area contributed by atoms with Crippen LogP contribution in [0.3, 0.4) is 0 Å². The normalized spacial score (nSPS) is 9.44. The largest absolute Gasteiger partial charge is 1.00 e. The van der Waals surface area contributed by atoms with E-state index in [4.69, 9.17) is 19.7 Å². The van der Waals surface area contributed by atoms with Gasteiger partial charge < -0.3 is 35.0 Å². The van der Waals surface area contributed by atoms with Gasteiger partial charge in [0.15, 0.2) is 0 Å². The number of benzene rings is 2. The fraction of sp³-hybridized carbons (Fsp3) is 0.417. The third kappa shape index (κ3) is 11.8. The van der Waals surface area contributed by atoms with Crippen molar-refractivity contribution in [1.82, 2.24) is 0 Å². The van der Waals surface area contributed by atoms with Gasteiger partial charge in [0.2, 0.25) is 0 Å². The number of methoxy groups -OCH3 is 1. The second-order valence-corrected chi connectivity index (χ2v) is 7.09. The summed E-state index contributed by atoms with van der Waals surface area (Å²) in [6.45, 7) is 7.12. The molecule has 0 spiro atoms. The van der Waals surface area contributed by atoms with Crippen LogP contribution in [0.4, 0.5) is 0 Å². The molecule has 0 bridgehead atoms. The first-order chi connectivity index (χ1) is 14.6. The van der Waals surface area contributed by atoms with Gasteiger partial charge in [-0.15, -0.1) is 0 Å². The molecule has 2 aromatic carbocycles. The zero-order valence-corrected chi connectivity index (χ0v) is 21.9. The van der Waals surface area contributed by atoms with E-state index in [0.717, 1.165) is 0 Å². The van der Waals surface area contributed by atoms with E-state index in [1.54, 1.807) is 24.3 Å². The molecule has 0 atom stereocenters. The number of carbonyl (C=O) groups excluding carboxylic acids is 1. The molecule has 0 aromatic heterocycles. The maximum Gasteiger partial charge on any atom is 1.00 e. The van der Waals surface area contributed by atoms with E-state index in [9.17, 15) is 14.7 Å². The molecular formula is C24H35NaO9. The molecule has 0 amide bonds. The van der Waals surface area contributed by atoms with Gasteiger partial charge in [0.05, 0.1) is 43.7 Å². The Bertz CT molecular complexity index is 883. The topological polar surface area (TPSA) is 153 Å². The Labute approximate surface area is 223 Å². The van der Waals surface area contributed by atoms with Crippen LogP contribution in [0.15, 0.2) is 36.4 Å². The van der Waals surface area contributed by atoms with E-state index in [2.05, 4.69) is 4.74 Å². The predicted octanol–water partition coefficient (Wildman–Crippen LogP) is 0.880. The third-order valence-corrected chi connectivity index (χ3v) is 3.86. The molecule has 4 N–H and O–H groups in total. The van der Waals surface area contributed by atoms with E-state index in [0.29, 0.717) is 28.2 Å². The Morgan fingerprint density at radius 3 is 1.53 bits per heavy atom. The summed E-state index contributed by atoms with van der Waals surface area (Å²) < 4.78 is 15.5.